The topological polar surface area (TPSA) is 0 Å². The average Bonchev–Trinajstić information content (AvgIpc) is 3.22. The van der Waals surface area contributed by atoms with Gasteiger partial charge in [-0.2, -0.15) is 0 Å². The Kier molecular flexibility index (Phi) is 7.00. The molecule has 0 aromatic heterocycles. The van der Waals surface area contributed by atoms with Crippen LogP contribution in [0.2, 0.25) is 5.54 Å². The van der Waals surface area contributed by atoms with Crippen molar-refractivity contribution >= 4 is 23.6 Å². The van der Waals surface area contributed by atoms with Gasteiger partial charge in [0.1, 0.15) is 0 Å². The van der Waals surface area contributed by atoms with Crippen LogP contribution in [0.25, 0.3) is 22.3 Å². The molecule has 0 unspecified atom stereocenters. The quantitative estimate of drug-likeness (QED) is 0.152. The van der Waals surface area contributed by atoms with E-state index in [1.54, 1.807) is 0 Å². The third kappa shape index (κ3) is 4.31. The van der Waals surface area contributed by atoms with E-state index in [9.17, 15) is 0 Å². The molecule has 5 aromatic rings. The van der Waals surface area contributed by atoms with Crippen LogP contribution in [0, 0.1) is 0 Å². The van der Waals surface area contributed by atoms with Crippen LogP contribution < -0.4 is 15.6 Å². The Morgan fingerprint density at radius 2 is 0.725 bits per heavy atom. The highest BCUT2D eigenvalue weighted by atomic mass is 28.3. The Morgan fingerprint density at radius 1 is 0.375 bits per heavy atom. The lowest BCUT2D eigenvalue weighted by molar-refractivity contribution is 1.09. The highest BCUT2D eigenvalue weighted by molar-refractivity contribution is 7.13. The molecule has 0 aliphatic heterocycles. The van der Waals surface area contributed by atoms with E-state index in [2.05, 4.69) is 167 Å². The maximum atomic E-state index is 2.49. The van der Waals surface area contributed by atoms with Gasteiger partial charge in [0.2, 0.25) is 0 Å². The predicted octanol–water partition coefficient (Wildman–Crippen LogP) is 8.55. The van der Waals surface area contributed by atoms with Crippen LogP contribution in [0.3, 0.4) is 0 Å². The van der Waals surface area contributed by atoms with Gasteiger partial charge in [0.15, 0.2) is 8.07 Å². The number of benzene rings is 5. The van der Waals surface area contributed by atoms with E-state index >= 15 is 0 Å². The molecular formula is C39H36Si. The first kappa shape index (κ1) is 26.0. The molecule has 5 aromatic carbocycles. The van der Waals surface area contributed by atoms with Gasteiger partial charge in [0, 0.05) is 5.54 Å². The summed E-state index contributed by atoms with van der Waals surface area (Å²) in [6.45, 7) is 9.40. The Morgan fingerprint density at radius 3 is 1.15 bits per heavy atom. The smallest absolute Gasteiger partial charge is 0.0647 e. The predicted molar refractivity (Wildman–Crippen MR) is 175 cm³/mol. The SMILES string of the molecule is CC1=C(C)C([Si](c2ccccc2)(c2cccc(-c3ccccc3)c2)c2cccc(-c3ccccc3)c2)C(C)=C1C. The molecule has 0 saturated heterocycles. The standard InChI is InChI=1S/C39H36Si/c1-28-29(2)31(4)39(30(28)3)40(36-22-12-7-13-23-36,37-24-14-20-34(26-37)32-16-8-5-9-17-32)38-25-15-21-35(27-38)33-18-10-6-11-19-33/h5-27,39H,1-4H3. The fourth-order valence-corrected chi connectivity index (χ4v) is 12.8. The second-order valence-electron chi connectivity index (χ2n) is 11.1. The van der Waals surface area contributed by atoms with E-state index in [4.69, 9.17) is 0 Å². The van der Waals surface area contributed by atoms with Crippen LogP contribution in [0.1, 0.15) is 27.7 Å². The molecule has 0 nitrogen and oxygen atoms in total. The highest BCUT2D eigenvalue weighted by Gasteiger charge is 2.50. The van der Waals surface area contributed by atoms with Crippen molar-refractivity contribution in [3.8, 4) is 22.3 Å². The van der Waals surface area contributed by atoms with Crippen molar-refractivity contribution in [1.29, 1.82) is 0 Å². The lowest BCUT2D eigenvalue weighted by Crippen LogP contribution is -2.70. The maximum Gasteiger partial charge on any atom is 0.159 e. The molecule has 0 spiro atoms. The van der Waals surface area contributed by atoms with Crippen molar-refractivity contribution in [2.75, 3.05) is 0 Å². The van der Waals surface area contributed by atoms with Gasteiger partial charge in [0.25, 0.3) is 0 Å². The second-order valence-corrected chi connectivity index (χ2v) is 15.0. The fraction of sp³-hybridized carbons (Fsp3) is 0.128. The number of allylic oxidation sites excluding steroid dienone is 4. The minimum Gasteiger partial charge on any atom is -0.0647 e. The number of rotatable bonds is 6. The number of hydrogen-bond donors (Lipinski definition) is 0. The highest BCUT2D eigenvalue weighted by Crippen LogP contribution is 2.46. The lowest BCUT2D eigenvalue weighted by Gasteiger charge is -2.41. The zero-order chi connectivity index (χ0) is 27.7. The van der Waals surface area contributed by atoms with Crippen molar-refractivity contribution in [2.24, 2.45) is 0 Å². The van der Waals surface area contributed by atoms with Gasteiger partial charge in [0.05, 0.1) is 0 Å². The van der Waals surface area contributed by atoms with Crippen LogP contribution in [0.5, 0.6) is 0 Å². The third-order valence-corrected chi connectivity index (χ3v) is 14.5. The summed E-state index contributed by atoms with van der Waals surface area (Å²) in [7, 11) is -2.64. The van der Waals surface area contributed by atoms with E-state index in [-0.39, 0.29) is 0 Å². The van der Waals surface area contributed by atoms with Gasteiger partial charge in [-0.25, -0.2) is 0 Å². The summed E-state index contributed by atoms with van der Waals surface area (Å²) < 4.78 is 0. The van der Waals surface area contributed by atoms with Crippen molar-refractivity contribution in [1.82, 2.24) is 0 Å². The molecule has 0 atom stereocenters. The van der Waals surface area contributed by atoms with E-state index in [1.807, 2.05) is 0 Å². The first-order chi connectivity index (χ1) is 19.5. The molecule has 1 aliphatic carbocycles. The molecule has 0 heterocycles. The maximum absolute atomic E-state index is 2.64. The zero-order valence-corrected chi connectivity index (χ0v) is 24.9. The van der Waals surface area contributed by atoms with Crippen LogP contribution >= 0.6 is 0 Å². The summed E-state index contributed by atoms with van der Waals surface area (Å²) in [5.41, 5.74) is 11.4. The van der Waals surface area contributed by atoms with Gasteiger partial charge in [-0.05, 0) is 76.7 Å². The minimum absolute atomic E-state index is 0.340. The van der Waals surface area contributed by atoms with Crippen LogP contribution in [0.15, 0.2) is 162 Å². The summed E-state index contributed by atoms with van der Waals surface area (Å²) in [5, 5.41) is 4.37. The molecule has 0 N–H and O–H groups in total. The molecule has 0 amide bonds. The van der Waals surface area contributed by atoms with Gasteiger partial charge >= 0.3 is 0 Å². The van der Waals surface area contributed by atoms with Crippen LogP contribution in [-0.2, 0) is 0 Å². The van der Waals surface area contributed by atoms with Gasteiger partial charge in [-0.15, -0.1) is 0 Å². The lowest BCUT2D eigenvalue weighted by atomic mass is 10.1. The summed E-state index contributed by atoms with van der Waals surface area (Å²) in [6.07, 6.45) is 0. The Bertz CT molecular complexity index is 1600. The summed E-state index contributed by atoms with van der Waals surface area (Å²) in [6, 6.07) is 51.9. The molecule has 1 heteroatoms. The number of hydrogen-bond acceptors (Lipinski definition) is 0. The largest absolute Gasteiger partial charge is 0.159 e. The van der Waals surface area contributed by atoms with Gasteiger partial charge in [-0.1, -0.05) is 151 Å². The van der Waals surface area contributed by atoms with Crippen molar-refractivity contribution in [3.63, 3.8) is 0 Å². The normalized spacial score (nSPS) is 14.2. The molecule has 0 saturated carbocycles. The van der Waals surface area contributed by atoms with E-state index in [0.29, 0.717) is 5.54 Å². The first-order valence-electron chi connectivity index (χ1n) is 14.2. The van der Waals surface area contributed by atoms with Crippen molar-refractivity contribution < 1.29 is 0 Å². The Hall–Kier alpha value is -4.20. The van der Waals surface area contributed by atoms with Gasteiger partial charge in [-0.3, -0.25) is 0 Å². The molecule has 1 aliphatic rings. The summed E-state index contributed by atoms with van der Waals surface area (Å²) >= 11 is 0. The van der Waals surface area contributed by atoms with Crippen molar-refractivity contribution in [2.45, 2.75) is 33.2 Å². The van der Waals surface area contributed by atoms with E-state index in [1.165, 1.54) is 60.1 Å². The molecule has 6 rings (SSSR count). The first-order valence-corrected chi connectivity index (χ1v) is 16.3. The average molecular weight is 533 g/mol. The van der Waals surface area contributed by atoms with Crippen LogP contribution in [-0.4, -0.2) is 8.07 Å². The summed E-state index contributed by atoms with van der Waals surface area (Å²) in [5.74, 6) is 0. The third-order valence-electron chi connectivity index (χ3n) is 9.12. The Labute approximate surface area is 240 Å². The molecule has 40 heavy (non-hydrogen) atoms. The monoisotopic (exact) mass is 532 g/mol. The summed E-state index contributed by atoms with van der Waals surface area (Å²) in [4.78, 5) is 0. The van der Waals surface area contributed by atoms with Gasteiger partial charge < -0.3 is 0 Å². The molecule has 0 fully saturated rings. The minimum atomic E-state index is -2.64. The second kappa shape index (κ2) is 10.8. The van der Waals surface area contributed by atoms with Crippen LogP contribution in [0.4, 0.5) is 0 Å². The van der Waals surface area contributed by atoms with E-state index < -0.39 is 8.07 Å². The van der Waals surface area contributed by atoms with E-state index in [0.717, 1.165) is 0 Å². The molecule has 0 radical (unpaired) electrons. The molecular weight excluding hydrogens is 497 g/mol. The molecule has 196 valence electrons. The van der Waals surface area contributed by atoms with Crippen molar-refractivity contribution in [3.05, 3.63) is 162 Å². The zero-order valence-electron chi connectivity index (χ0n) is 23.9. The Balaban J connectivity index is 1.72. The molecule has 0 bridgehead atoms. The fourth-order valence-electron chi connectivity index (χ4n) is 6.85.